The Hall–Kier alpha value is -1.13. The zero-order valence-electron chi connectivity index (χ0n) is 11.9. The number of rotatable bonds is 3. The highest BCUT2D eigenvalue weighted by molar-refractivity contribution is 5.50. The van der Waals surface area contributed by atoms with E-state index in [1.165, 1.54) is 6.07 Å². The number of piperazine rings is 1. The molecule has 106 valence electrons. The van der Waals surface area contributed by atoms with Gasteiger partial charge in [0.15, 0.2) is 0 Å². The normalized spacial score (nSPS) is 23.6. The van der Waals surface area contributed by atoms with Crippen LogP contribution in [0, 0.1) is 5.82 Å². The summed E-state index contributed by atoms with van der Waals surface area (Å²) in [6.45, 7) is 6.05. The van der Waals surface area contributed by atoms with Crippen molar-refractivity contribution in [2.75, 3.05) is 31.6 Å². The van der Waals surface area contributed by atoms with Crippen LogP contribution in [-0.4, -0.2) is 48.3 Å². The average Bonchev–Trinajstić information content (AvgIpc) is 2.35. The van der Waals surface area contributed by atoms with Gasteiger partial charge in [-0.05, 0) is 39.4 Å². The summed E-state index contributed by atoms with van der Waals surface area (Å²) in [4.78, 5) is 4.39. The van der Waals surface area contributed by atoms with Gasteiger partial charge in [0.05, 0.1) is 5.69 Å². The highest BCUT2D eigenvalue weighted by Gasteiger charge is 2.37. The fourth-order valence-corrected chi connectivity index (χ4v) is 2.69. The van der Waals surface area contributed by atoms with Gasteiger partial charge in [-0.15, -0.1) is 0 Å². The van der Waals surface area contributed by atoms with Gasteiger partial charge in [-0.3, -0.25) is 4.90 Å². The molecule has 1 atom stereocenters. The van der Waals surface area contributed by atoms with E-state index < -0.39 is 0 Å². The summed E-state index contributed by atoms with van der Waals surface area (Å²) < 4.78 is 14.0. The molecule has 1 aromatic rings. The smallest absolute Gasteiger partial charge is 0.146 e. The Morgan fingerprint density at radius 3 is 2.68 bits per heavy atom. The molecule has 19 heavy (non-hydrogen) atoms. The molecule has 1 aliphatic rings. The number of nitrogens with zero attached hydrogens (tertiary/aromatic N) is 2. The molecule has 0 radical (unpaired) electrons. The van der Waals surface area contributed by atoms with Crippen LogP contribution >= 0.6 is 0 Å². The van der Waals surface area contributed by atoms with Gasteiger partial charge in [0.1, 0.15) is 5.82 Å². The van der Waals surface area contributed by atoms with Gasteiger partial charge in [0, 0.05) is 31.3 Å². The molecular weight excluding hydrogens is 243 g/mol. The number of halogens is 1. The van der Waals surface area contributed by atoms with Crippen LogP contribution in [0.5, 0.6) is 0 Å². The van der Waals surface area contributed by atoms with Gasteiger partial charge < -0.3 is 10.0 Å². The summed E-state index contributed by atoms with van der Waals surface area (Å²) in [6, 6.07) is 7.04. The van der Waals surface area contributed by atoms with Gasteiger partial charge in [0.2, 0.25) is 0 Å². The Morgan fingerprint density at radius 2 is 2.05 bits per heavy atom. The molecule has 0 aromatic heterocycles. The van der Waals surface area contributed by atoms with E-state index in [9.17, 15) is 9.50 Å². The molecular formula is C15H23FN2O. The molecule has 0 amide bonds. The van der Waals surface area contributed by atoms with Crippen LogP contribution in [0.15, 0.2) is 24.3 Å². The van der Waals surface area contributed by atoms with Crippen molar-refractivity contribution in [2.45, 2.75) is 31.8 Å². The second-order valence-corrected chi connectivity index (χ2v) is 5.94. The van der Waals surface area contributed by atoms with Crippen molar-refractivity contribution < 1.29 is 9.50 Å². The average molecular weight is 266 g/mol. The fraction of sp³-hybridized carbons (Fsp3) is 0.600. The van der Waals surface area contributed by atoms with Crippen LogP contribution in [0.3, 0.4) is 0 Å². The first-order valence-electron chi connectivity index (χ1n) is 6.79. The van der Waals surface area contributed by atoms with Crippen LogP contribution in [0.1, 0.15) is 20.3 Å². The van der Waals surface area contributed by atoms with Crippen molar-refractivity contribution in [3.8, 4) is 0 Å². The molecule has 1 aromatic carbocycles. The molecule has 1 aliphatic heterocycles. The number of likely N-dealkylation sites (N-methyl/N-ethyl adjacent to an activating group) is 1. The maximum Gasteiger partial charge on any atom is 0.146 e. The second-order valence-electron chi connectivity index (χ2n) is 5.94. The summed E-state index contributed by atoms with van der Waals surface area (Å²) in [5.41, 5.74) is 0.635. The first-order valence-corrected chi connectivity index (χ1v) is 6.79. The third kappa shape index (κ3) is 2.90. The zero-order chi connectivity index (χ0) is 14.0. The lowest BCUT2D eigenvalue weighted by Gasteiger charge is -2.50. The van der Waals surface area contributed by atoms with Crippen LogP contribution in [-0.2, 0) is 0 Å². The Labute approximate surface area is 114 Å². The van der Waals surface area contributed by atoms with Crippen LogP contribution < -0.4 is 4.90 Å². The Bertz CT molecular complexity index is 436. The van der Waals surface area contributed by atoms with E-state index in [0.29, 0.717) is 12.1 Å². The van der Waals surface area contributed by atoms with E-state index in [-0.39, 0.29) is 24.0 Å². The zero-order valence-corrected chi connectivity index (χ0v) is 11.9. The van der Waals surface area contributed by atoms with E-state index in [2.05, 4.69) is 30.7 Å². The van der Waals surface area contributed by atoms with E-state index in [1.54, 1.807) is 6.07 Å². The number of hydrogen-bond acceptors (Lipinski definition) is 3. The molecule has 0 aliphatic carbocycles. The summed E-state index contributed by atoms with van der Waals surface area (Å²) in [5, 5.41) is 9.23. The third-order valence-corrected chi connectivity index (χ3v) is 4.14. The van der Waals surface area contributed by atoms with Gasteiger partial charge in [-0.2, -0.15) is 0 Å². The van der Waals surface area contributed by atoms with E-state index >= 15 is 0 Å². The van der Waals surface area contributed by atoms with Crippen molar-refractivity contribution in [1.29, 1.82) is 0 Å². The highest BCUT2D eigenvalue weighted by Crippen LogP contribution is 2.30. The molecule has 4 heteroatoms. The first kappa shape index (κ1) is 14.3. The van der Waals surface area contributed by atoms with E-state index in [1.807, 2.05) is 12.1 Å². The molecule has 1 saturated heterocycles. The molecule has 0 spiro atoms. The predicted molar refractivity (Wildman–Crippen MR) is 75.9 cm³/mol. The first-order chi connectivity index (χ1) is 8.95. The number of aliphatic hydroxyl groups excluding tert-OH is 1. The Kier molecular flexibility index (Phi) is 4.11. The summed E-state index contributed by atoms with van der Waals surface area (Å²) in [6.07, 6.45) is 0.661. The molecule has 1 unspecified atom stereocenters. The SMILES string of the molecule is CN1CC(CCO)N(c2ccccc2F)CC1(C)C. The van der Waals surface area contributed by atoms with Crippen LogP contribution in [0.2, 0.25) is 0 Å². The number of hydrogen-bond donors (Lipinski definition) is 1. The molecule has 2 rings (SSSR count). The van der Waals surface area contributed by atoms with E-state index in [4.69, 9.17) is 0 Å². The third-order valence-electron chi connectivity index (χ3n) is 4.14. The second kappa shape index (κ2) is 5.47. The lowest BCUT2D eigenvalue weighted by atomic mass is 9.94. The molecule has 1 heterocycles. The molecule has 1 fully saturated rings. The minimum Gasteiger partial charge on any atom is -0.396 e. The molecule has 0 saturated carbocycles. The Balaban J connectivity index is 2.31. The van der Waals surface area contributed by atoms with Gasteiger partial charge in [-0.1, -0.05) is 12.1 Å². The number of aliphatic hydroxyl groups is 1. The topological polar surface area (TPSA) is 26.7 Å². The van der Waals surface area contributed by atoms with Crippen molar-refractivity contribution >= 4 is 5.69 Å². The monoisotopic (exact) mass is 266 g/mol. The molecule has 1 N–H and O–H groups in total. The minimum absolute atomic E-state index is 0.00572. The predicted octanol–water partition coefficient (Wildman–Crippen LogP) is 2.11. The lowest BCUT2D eigenvalue weighted by Crippen LogP contribution is -2.62. The van der Waals surface area contributed by atoms with Crippen molar-refractivity contribution in [3.63, 3.8) is 0 Å². The number of para-hydroxylation sites is 1. The van der Waals surface area contributed by atoms with Crippen molar-refractivity contribution in [2.24, 2.45) is 0 Å². The number of benzene rings is 1. The number of anilines is 1. The van der Waals surface area contributed by atoms with E-state index in [0.717, 1.165) is 13.1 Å². The highest BCUT2D eigenvalue weighted by atomic mass is 19.1. The van der Waals surface area contributed by atoms with Crippen LogP contribution in [0.25, 0.3) is 0 Å². The standard InChI is InChI=1S/C15H23FN2O/c1-15(2)11-18(12(8-9-19)10-17(15)3)14-7-5-4-6-13(14)16/h4-7,12,19H,8-11H2,1-3H3. The Morgan fingerprint density at radius 1 is 1.37 bits per heavy atom. The maximum atomic E-state index is 14.0. The molecule has 3 nitrogen and oxygen atoms in total. The fourth-order valence-electron chi connectivity index (χ4n) is 2.69. The van der Waals surface area contributed by atoms with Gasteiger partial charge in [0.25, 0.3) is 0 Å². The van der Waals surface area contributed by atoms with Gasteiger partial charge >= 0.3 is 0 Å². The minimum atomic E-state index is -0.189. The maximum absolute atomic E-state index is 14.0. The summed E-state index contributed by atoms with van der Waals surface area (Å²) >= 11 is 0. The van der Waals surface area contributed by atoms with Gasteiger partial charge in [-0.25, -0.2) is 4.39 Å². The largest absolute Gasteiger partial charge is 0.396 e. The van der Waals surface area contributed by atoms with Crippen molar-refractivity contribution in [1.82, 2.24) is 4.90 Å². The summed E-state index contributed by atoms with van der Waals surface area (Å²) in [5.74, 6) is -0.189. The molecule has 0 bridgehead atoms. The summed E-state index contributed by atoms with van der Waals surface area (Å²) in [7, 11) is 2.09. The van der Waals surface area contributed by atoms with Crippen molar-refractivity contribution in [3.05, 3.63) is 30.1 Å². The lowest BCUT2D eigenvalue weighted by molar-refractivity contribution is 0.105. The van der Waals surface area contributed by atoms with Crippen LogP contribution in [0.4, 0.5) is 10.1 Å². The quantitative estimate of drug-likeness (QED) is 0.907.